The van der Waals surface area contributed by atoms with E-state index in [-0.39, 0.29) is 5.46 Å². The summed E-state index contributed by atoms with van der Waals surface area (Å²) in [7, 11) is -0.0870. The molecule has 2 N–H and O–H groups in total. The minimum Gasteiger partial charge on any atom is -0.497 e. The van der Waals surface area contributed by atoms with Gasteiger partial charge in [0.25, 0.3) is 0 Å². The molecule has 1 heterocycles. The predicted molar refractivity (Wildman–Crippen MR) is 70.5 cm³/mol. The van der Waals surface area contributed by atoms with Crippen LogP contribution in [0.2, 0.25) is 0 Å². The lowest BCUT2D eigenvalue weighted by Crippen LogP contribution is -2.32. The van der Waals surface area contributed by atoms with E-state index in [0.29, 0.717) is 24.7 Å². The predicted octanol–water partition coefficient (Wildman–Crippen LogP) is -0.350. The van der Waals surface area contributed by atoms with Crippen molar-refractivity contribution in [3.63, 3.8) is 0 Å². The fraction of sp³-hybridized carbons (Fsp3) is 0.250. The van der Waals surface area contributed by atoms with Gasteiger partial charge in [0.1, 0.15) is 18.1 Å². The summed E-state index contributed by atoms with van der Waals surface area (Å²) < 4.78 is 12.3. The fourth-order valence-corrected chi connectivity index (χ4v) is 1.67. The molecule has 7 heteroatoms. The van der Waals surface area contributed by atoms with E-state index >= 15 is 0 Å². The van der Waals surface area contributed by atoms with E-state index in [1.54, 1.807) is 23.0 Å². The molecule has 100 valence electrons. The number of nitrogens with zero attached hydrogens (tertiary/aromatic N) is 2. The summed E-state index contributed by atoms with van der Waals surface area (Å²) in [6, 6.07) is 6.72. The molecule has 0 aliphatic rings. The fourth-order valence-electron chi connectivity index (χ4n) is 1.67. The maximum absolute atomic E-state index is 9.31. The smallest absolute Gasteiger partial charge is 0.492 e. The van der Waals surface area contributed by atoms with Crippen LogP contribution in [0.25, 0.3) is 0 Å². The Labute approximate surface area is 111 Å². The lowest BCUT2D eigenvalue weighted by molar-refractivity contribution is 0.291. The van der Waals surface area contributed by atoms with E-state index in [4.69, 9.17) is 9.47 Å². The number of hydrogen-bond donors (Lipinski definition) is 2. The standard InChI is InChI=1S/C12H15BN2O4/c1-18-10-3-4-12(11(9-10)13(16)17)19-8-7-15-6-2-5-14-15/h2-6,9,16-17H,7-8H2,1H3. The zero-order valence-corrected chi connectivity index (χ0v) is 10.6. The lowest BCUT2D eigenvalue weighted by Gasteiger charge is -2.12. The molecule has 1 aromatic heterocycles. The second kappa shape index (κ2) is 6.26. The first-order chi connectivity index (χ1) is 9.20. The van der Waals surface area contributed by atoms with Crippen LogP contribution in [0.4, 0.5) is 0 Å². The summed E-state index contributed by atoms with van der Waals surface area (Å²) in [6.45, 7) is 0.966. The number of benzene rings is 1. The van der Waals surface area contributed by atoms with Crippen LogP contribution >= 0.6 is 0 Å². The van der Waals surface area contributed by atoms with Gasteiger partial charge in [-0.1, -0.05) is 0 Å². The van der Waals surface area contributed by atoms with Crippen molar-refractivity contribution in [3.05, 3.63) is 36.7 Å². The van der Waals surface area contributed by atoms with Crippen molar-refractivity contribution in [1.29, 1.82) is 0 Å². The Morgan fingerprint density at radius 2 is 2.21 bits per heavy atom. The second-order valence-corrected chi connectivity index (χ2v) is 3.90. The van der Waals surface area contributed by atoms with Crippen LogP contribution < -0.4 is 14.9 Å². The summed E-state index contributed by atoms with van der Waals surface area (Å²) in [5.41, 5.74) is 0.278. The zero-order chi connectivity index (χ0) is 13.7. The van der Waals surface area contributed by atoms with Crippen molar-refractivity contribution in [3.8, 4) is 11.5 Å². The number of methoxy groups -OCH3 is 1. The van der Waals surface area contributed by atoms with Gasteiger partial charge in [0.2, 0.25) is 0 Å². The van der Waals surface area contributed by atoms with Crippen molar-refractivity contribution in [2.75, 3.05) is 13.7 Å². The largest absolute Gasteiger partial charge is 0.497 e. The van der Waals surface area contributed by atoms with E-state index in [0.717, 1.165) is 0 Å². The van der Waals surface area contributed by atoms with Gasteiger partial charge < -0.3 is 19.5 Å². The normalized spacial score (nSPS) is 10.3. The molecule has 0 radical (unpaired) electrons. The monoisotopic (exact) mass is 262 g/mol. The molecule has 2 aromatic rings. The SMILES string of the molecule is COc1ccc(OCCn2cccn2)c(B(O)O)c1. The van der Waals surface area contributed by atoms with Gasteiger partial charge in [0.05, 0.1) is 13.7 Å². The molecule has 6 nitrogen and oxygen atoms in total. The molecule has 0 saturated heterocycles. The molecule has 1 aromatic carbocycles. The summed E-state index contributed by atoms with van der Waals surface area (Å²) >= 11 is 0. The molecule has 0 fully saturated rings. The molecule has 19 heavy (non-hydrogen) atoms. The van der Waals surface area contributed by atoms with E-state index in [2.05, 4.69) is 5.10 Å². The quantitative estimate of drug-likeness (QED) is 0.696. The third-order valence-electron chi connectivity index (χ3n) is 2.63. The summed E-state index contributed by atoms with van der Waals surface area (Å²) in [5.74, 6) is 0.963. The maximum Gasteiger partial charge on any atom is 0.492 e. The van der Waals surface area contributed by atoms with Crippen molar-refractivity contribution in [1.82, 2.24) is 9.78 Å². The van der Waals surface area contributed by atoms with E-state index in [1.165, 1.54) is 13.2 Å². The maximum atomic E-state index is 9.31. The van der Waals surface area contributed by atoms with Crippen LogP contribution in [-0.2, 0) is 6.54 Å². The summed E-state index contributed by atoms with van der Waals surface area (Å²) in [6.07, 6.45) is 3.52. The molecule has 0 saturated carbocycles. The Balaban J connectivity index is 2.02. The molecular formula is C12H15BN2O4. The van der Waals surface area contributed by atoms with Crippen molar-refractivity contribution in [2.45, 2.75) is 6.54 Å². The van der Waals surface area contributed by atoms with Gasteiger partial charge in [-0.05, 0) is 24.3 Å². The molecular weight excluding hydrogens is 247 g/mol. The Hall–Kier alpha value is -1.99. The van der Waals surface area contributed by atoms with Gasteiger partial charge in [-0.15, -0.1) is 0 Å². The Morgan fingerprint density at radius 1 is 1.37 bits per heavy atom. The van der Waals surface area contributed by atoms with Gasteiger partial charge in [-0.2, -0.15) is 5.10 Å². The Bertz CT molecular complexity index is 516. The van der Waals surface area contributed by atoms with Crippen LogP contribution in [0.15, 0.2) is 36.7 Å². The van der Waals surface area contributed by atoms with E-state index < -0.39 is 7.12 Å². The van der Waals surface area contributed by atoms with Crippen LogP contribution in [-0.4, -0.2) is 40.7 Å². The minimum absolute atomic E-state index is 0.278. The van der Waals surface area contributed by atoms with Gasteiger partial charge in [-0.3, -0.25) is 4.68 Å². The topological polar surface area (TPSA) is 76.7 Å². The first kappa shape index (κ1) is 13.4. The number of rotatable bonds is 6. The third-order valence-corrected chi connectivity index (χ3v) is 2.63. The minimum atomic E-state index is -1.60. The highest BCUT2D eigenvalue weighted by Gasteiger charge is 2.18. The molecule has 2 rings (SSSR count). The highest BCUT2D eigenvalue weighted by molar-refractivity contribution is 6.59. The first-order valence-corrected chi connectivity index (χ1v) is 5.85. The molecule has 0 atom stereocenters. The van der Waals surface area contributed by atoms with Crippen molar-refractivity contribution < 1.29 is 19.5 Å². The summed E-state index contributed by atoms with van der Waals surface area (Å²) in [4.78, 5) is 0. The Kier molecular flexibility index (Phi) is 4.43. The molecule has 0 aliphatic carbocycles. The third kappa shape index (κ3) is 3.49. The molecule has 0 bridgehead atoms. The average Bonchev–Trinajstić information content (AvgIpc) is 2.92. The molecule has 0 aliphatic heterocycles. The zero-order valence-electron chi connectivity index (χ0n) is 10.6. The van der Waals surface area contributed by atoms with Gasteiger partial charge in [0, 0.05) is 17.9 Å². The highest BCUT2D eigenvalue weighted by atomic mass is 16.5. The average molecular weight is 262 g/mol. The Morgan fingerprint density at radius 3 is 2.84 bits per heavy atom. The molecule has 0 amide bonds. The van der Waals surface area contributed by atoms with E-state index in [1.807, 2.05) is 12.3 Å². The number of aromatic nitrogens is 2. The first-order valence-electron chi connectivity index (χ1n) is 5.85. The van der Waals surface area contributed by atoms with Crippen molar-refractivity contribution in [2.24, 2.45) is 0 Å². The second-order valence-electron chi connectivity index (χ2n) is 3.90. The van der Waals surface area contributed by atoms with E-state index in [9.17, 15) is 10.0 Å². The van der Waals surface area contributed by atoms with Gasteiger partial charge >= 0.3 is 7.12 Å². The number of ether oxygens (including phenoxy) is 2. The van der Waals surface area contributed by atoms with Crippen molar-refractivity contribution >= 4 is 12.6 Å². The van der Waals surface area contributed by atoms with Crippen LogP contribution in [0.1, 0.15) is 0 Å². The van der Waals surface area contributed by atoms with Crippen LogP contribution in [0, 0.1) is 0 Å². The highest BCUT2D eigenvalue weighted by Crippen LogP contribution is 2.15. The molecule has 0 unspecified atom stereocenters. The number of hydrogen-bond acceptors (Lipinski definition) is 5. The molecule has 0 spiro atoms. The van der Waals surface area contributed by atoms with Gasteiger partial charge in [-0.25, -0.2) is 0 Å². The summed E-state index contributed by atoms with van der Waals surface area (Å²) in [5, 5.41) is 22.7. The van der Waals surface area contributed by atoms with Crippen LogP contribution in [0.5, 0.6) is 11.5 Å². The van der Waals surface area contributed by atoms with Crippen LogP contribution in [0.3, 0.4) is 0 Å². The lowest BCUT2D eigenvalue weighted by atomic mass is 9.79. The van der Waals surface area contributed by atoms with Gasteiger partial charge in [0.15, 0.2) is 0 Å².